The maximum atomic E-state index is 9.55. The fraction of sp³-hybridized carbons (Fsp3) is 0.333. The van der Waals surface area contributed by atoms with E-state index in [-0.39, 0.29) is 5.75 Å². The van der Waals surface area contributed by atoms with E-state index in [9.17, 15) is 5.11 Å². The molecule has 0 heterocycles. The van der Waals surface area contributed by atoms with Gasteiger partial charge in [-0.15, -0.1) is 0 Å². The summed E-state index contributed by atoms with van der Waals surface area (Å²) in [5.74, 6) is 0.730. The van der Waals surface area contributed by atoms with Crippen LogP contribution in [0.1, 0.15) is 32.3 Å². The molecule has 0 fully saturated rings. The van der Waals surface area contributed by atoms with Gasteiger partial charge >= 0.3 is 0 Å². The molecule has 0 aliphatic rings. The van der Waals surface area contributed by atoms with Crippen LogP contribution >= 0.6 is 0 Å². The second-order valence-corrected chi connectivity index (χ2v) is 3.68. The second kappa shape index (κ2) is 7.55. The van der Waals surface area contributed by atoms with E-state index in [1.54, 1.807) is 6.07 Å². The molecular weight excluding hydrogens is 212 g/mol. The normalized spacial score (nSPS) is 11.4. The fourth-order valence-corrected chi connectivity index (χ4v) is 1.45. The van der Waals surface area contributed by atoms with E-state index >= 15 is 0 Å². The first-order valence-electron chi connectivity index (χ1n) is 6.05. The van der Waals surface area contributed by atoms with Gasteiger partial charge < -0.3 is 9.84 Å². The van der Waals surface area contributed by atoms with Crippen molar-refractivity contribution in [2.75, 3.05) is 6.61 Å². The summed E-state index contributed by atoms with van der Waals surface area (Å²) in [7, 11) is 0. The molecule has 0 aliphatic carbocycles. The number of hydrogen-bond donors (Lipinski definition) is 1. The zero-order valence-electron chi connectivity index (χ0n) is 10.5. The Morgan fingerprint density at radius 1 is 1.18 bits per heavy atom. The molecule has 1 N–H and O–H groups in total. The lowest BCUT2D eigenvalue weighted by atomic mass is 10.1. The Morgan fingerprint density at radius 3 is 2.71 bits per heavy atom. The Kier molecular flexibility index (Phi) is 5.94. The Morgan fingerprint density at radius 2 is 2.00 bits per heavy atom. The summed E-state index contributed by atoms with van der Waals surface area (Å²) in [6.45, 7) is 4.58. The summed E-state index contributed by atoms with van der Waals surface area (Å²) in [5, 5.41) is 9.55. The lowest BCUT2D eigenvalue weighted by molar-refractivity contribution is 0.318. The summed E-state index contributed by atoms with van der Waals surface area (Å²) in [5.41, 5.74) is 1.04. The molecule has 1 rings (SSSR count). The zero-order chi connectivity index (χ0) is 12.5. The van der Waals surface area contributed by atoms with Crippen molar-refractivity contribution in [1.29, 1.82) is 0 Å². The average molecular weight is 232 g/mol. The van der Waals surface area contributed by atoms with Crippen molar-refractivity contribution < 1.29 is 9.84 Å². The van der Waals surface area contributed by atoms with Crippen LogP contribution in [0.15, 0.2) is 36.4 Å². The van der Waals surface area contributed by atoms with E-state index in [1.165, 1.54) is 0 Å². The third kappa shape index (κ3) is 4.77. The molecule has 0 aliphatic heterocycles. The van der Waals surface area contributed by atoms with E-state index < -0.39 is 0 Å². The summed E-state index contributed by atoms with van der Waals surface area (Å²) >= 11 is 0. The molecule has 1 aromatic rings. The first kappa shape index (κ1) is 13.4. The molecule has 2 heteroatoms. The van der Waals surface area contributed by atoms with Crippen molar-refractivity contribution in [3.63, 3.8) is 0 Å². The van der Waals surface area contributed by atoms with Gasteiger partial charge in [-0.2, -0.15) is 0 Å². The van der Waals surface area contributed by atoms with Gasteiger partial charge in [0.25, 0.3) is 0 Å². The Bertz CT molecular complexity index is 392. The Balaban J connectivity index is 2.65. The van der Waals surface area contributed by atoms with Gasteiger partial charge in [-0.3, -0.25) is 0 Å². The number of rotatable bonds is 6. The highest BCUT2D eigenvalue weighted by Crippen LogP contribution is 2.27. The van der Waals surface area contributed by atoms with E-state index in [0.717, 1.165) is 18.4 Å². The molecule has 0 amide bonds. The molecule has 0 radical (unpaired) electrons. The number of allylic oxidation sites excluding steroid dienone is 3. The van der Waals surface area contributed by atoms with E-state index in [1.807, 2.05) is 25.1 Å². The molecule has 2 nitrogen and oxygen atoms in total. The van der Waals surface area contributed by atoms with Gasteiger partial charge in [0.1, 0.15) is 0 Å². The van der Waals surface area contributed by atoms with Crippen LogP contribution in [-0.4, -0.2) is 11.7 Å². The lowest BCUT2D eigenvalue weighted by Gasteiger charge is -2.06. The van der Waals surface area contributed by atoms with Gasteiger partial charge in [-0.1, -0.05) is 37.3 Å². The Hall–Kier alpha value is -1.70. The highest BCUT2D eigenvalue weighted by Gasteiger charge is 2.00. The molecule has 0 spiro atoms. The first-order valence-corrected chi connectivity index (χ1v) is 6.05. The lowest BCUT2D eigenvalue weighted by Crippen LogP contribution is -1.91. The van der Waals surface area contributed by atoms with Crippen LogP contribution in [0.2, 0.25) is 0 Å². The van der Waals surface area contributed by atoms with Crippen molar-refractivity contribution in [2.45, 2.75) is 26.7 Å². The van der Waals surface area contributed by atoms with E-state index in [2.05, 4.69) is 25.2 Å². The number of ether oxygens (including phenoxy) is 1. The van der Waals surface area contributed by atoms with E-state index in [4.69, 9.17) is 4.74 Å². The van der Waals surface area contributed by atoms with Crippen LogP contribution in [0, 0.1) is 0 Å². The molecule has 0 bridgehead atoms. The number of phenols is 1. The summed E-state index contributed by atoms with van der Waals surface area (Å²) in [6, 6.07) is 5.38. The van der Waals surface area contributed by atoms with Gasteiger partial charge in [0.2, 0.25) is 0 Å². The molecule has 92 valence electrons. The van der Waals surface area contributed by atoms with Gasteiger partial charge in [0, 0.05) is 0 Å². The predicted molar refractivity (Wildman–Crippen MR) is 72.4 cm³/mol. The smallest absolute Gasteiger partial charge is 0.161 e. The van der Waals surface area contributed by atoms with Crippen molar-refractivity contribution >= 4 is 6.08 Å². The van der Waals surface area contributed by atoms with Crippen LogP contribution in [0.3, 0.4) is 0 Å². The predicted octanol–water partition coefficient (Wildman–Crippen LogP) is 4.16. The number of phenolic OH excluding ortho intramolecular Hbond substituents is 1. The van der Waals surface area contributed by atoms with Crippen LogP contribution in [0.5, 0.6) is 11.5 Å². The molecule has 0 saturated carbocycles. The highest BCUT2D eigenvalue weighted by atomic mass is 16.5. The average Bonchev–Trinajstić information content (AvgIpc) is 2.33. The molecule has 0 unspecified atom stereocenters. The SMILES string of the molecule is CC/C=C\C/C=C/c1ccc(O)c(OCC)c1. The van der Waals surface area contributed by atoms with Gasteiger partial charge in [-0.25, -0.2) is 0 Å². The third-order valence-electron chi connectivity index (χ3n) is 2.27. The number of hydrogen-bond acceptors (Lipinski definition) is 2. The maximum Gasteiger partial charge on any atom is 0.161 e. The minimum Gasteiger partial charge on any atom is -0.504 e. The number of benzene rings is 1. The highest BCUT2D eigenvalue weighted by molar-refractivity contribution is 5.55. The van der Waals surface area contributed by atoms with Crippen molar-refractivity contribution in [3.8, 4) is 11.5 Å². The minimum absolute atomic E-state index is 0.190. The number of aromatic hydroxyl groups is 1. The summed E-state index contributed by atoms with van der Waals surface area (Å²) < 4.78 is 5.32. The zero-order valence-corrected chi connectivity index (χ0v) is 10.5. The van der Waals surface area contributed by atoms with Crippen molar-refractivity contribution in [2.24, 2.45) is 0 Å². The topological polar surface area (TPSA) is 29.5 Å². The van der Waals surface area contributed by atoms with Gasteiger partial charge in [0.15, 0.2) is 11.5 Å². The quantitative estimate of drug-likeness (QED) is 0.746. The van der Waals surface area contributed by atoms with Crippen LogP contribution in [-0.2, 0) is 0 Å². The monoisotopic (exact) mass is 232 g/mol. The maximum absolute atomic E-state index is 9.55. The van der Waals surface area contributed by atoms with E-state index in [0.29, 0.717) is 12.4 Å². The second-order valence-electron chi connectivity index (χ2n) is 3.68. The third-order valence-corrected chi connectivity index (χ3v) is 2.27. The van der Waals surface area contributed by atoms with Gasteiger partial charge in [-0.05, 0) is 37.5 Å². The summed E-state index contributed by atoms with van der Waals surface area (Å²) in [4.78, 5) is 0. The van der Waals surface area contributed by atoms with Crippen molar-refractivity contribution in [1.82, 2.24) is 0 Å². The molecule has 17 heavy (non-hydrogen) atoms. The minimum atomic E-state index is 0.190. The molecular formula is C15H20O2. The van der Waals surface area contributed by atoms with Crippen molar-refractivity contribution in [3.05, 3.63) is 42.0 Å². The molecule has 0 saturated heterocycles. The molecule has 1 aromatic carbocycles. The van der Waals surface area contributed by atoms with Crippen LogP contribution in [0.4, 0.5) is 0 Å². The molecule has 0 atom stereocenters. The molecule has 0 aromatic heterocycles. The first-order chi connectivity index (χ1) is 8.27. The Labute approximate surface area is 103 Å². The van der Waals surface area contributed by atoms with Crippen LogP contribution in [0.25, 0.3) is 6.08 Å². The summed E-state index contributed by atoms with van der Waals surface area (Å²) in [6.07, 6.45) is 10.4. The fourth-order valence-electron chi connectivity index (χ4n) is 1.45. The standard InChI is InChI=1S/C15H20O2/c1-3-5-6-7-8-9-13-10-11-14(16)15(12-13)17-4-2/h5-6,8-12,16H,3-4,7H2,1-2H3/b6-5-,9-8+. The van der Waals surface area contributed by atoms with Gasteiger partial charge in [0.05, 0.1) is 6.61 Å². The van der Waals surface area contributed by atoms with Crippen LogP contribution < -0.4 is 4.74 Å². The largest absolute Gasteiger partial charge is 0.504 e.